The Morgan fingerprint density at radius 2 is 1.41 bits per heavy atom. The highest BCUT2D eigenvalue weighted by Crippen LogP contribution is 2.40. The van der Waals surface area contributed by atoms with Crippen molar-refractivity contribution in [2.75, 3.05) is 0 Å². The van der Waals surface area contributed by atoms with Crippen LogP contribution in [0.1, 0.15) is 11.1 Å². The lowest BCUT2D eigenvalue weighted by Gasteiger charge is -2.06. The van der Waals surface area contributed by atoms with Crippen molar-refractivity contribution in [3.8, 4) is 0 Å². The van der Waals surface area contributed by atoms with Crippen molar-refractivity contribution in [3.63, 3.8) is 0 Å². The van der Waals surface area contributed by atoms with E-state index in [4.69, 9.17) is 47.5 Å². The van der Waals surface area contributed by atoms with Crippen LogP contribution in [0.2, 0.25) is 5.02 Å². The summed E-state index contributed by atoms with van der Waals surface area (Å²) in [6.45, 7) is 0.798. The molecule has 6 N–H and O–H groups in total. The van der Waals surface area contributed by atoms with Gasteiger partial charge in [0.25, 0.3) is 0 Å². The summed E-state index contributed by atoms with van der Waals surface area (Å²) in [4.78, 5) is 0. The minimum atomic E-state index is -0.324. The molecule has 0 atom stereocenters. The first-order chi connectivity index (χ1) is 11.8. The smallest absolute Gasteiger partial charge is 0.163 e. The third-order valence-corrected chi connectivity index (χ3v) is 5.54. The number of nitrogens with two attached hydrogens (primary N) is 2. The highest BCUT2D eigenvalue weighted by Gasteiger charge is 2.15. The molecule has 146 valence electrons. The maximum absolute atomic E-state index is 14.1. The van der Waals surface area contributed by atoms with Gasteiger partial charge in [-0.05, 0) is 59.8 Å². The molecule has 1 heterocycles. The third kappa shape index (κ3) is 5.61. The van der Waals surface area contributed by atoms with Gasteiger partial charge in [0.1, 0.15) is 5.82 Å². The van der Waals surface area contributed by atoms with E-state index < -0.39 is 0 Å². The van der Waals surface area contributed by atoms with Gasteiger partial charge in [0, 0.05) is 38.3 Å². The molecule has 1 aromatic heterocycles. The number of hydrogen-bond acceptors (Lipinski definition) is 3. The van der Waals surface area contributed by atoms with Gasteiger partial charge in [-0.25, -0.2) is 4.39 Å². The van der Waals surface area contributed by atoms with Gasteiger partial charge in [-0.1, -0.05) is 11.6 Å². The van der Waals surface area contributed by atoms with Crippen LogP contribution in [0.25, 0.3) is 20.2 Å². The Hall–Kier alpha value is -0.780. The van der Waals surface area contributed by atoms with Crippen molar-refractivity contribution in [1.29, 1.82) is 0 Å². The molecule has 0 unspecified atom stereocenters. The standard InChI is InChI=1S/C16H14ClFN4S3.2BrH/c17-9-1-7(5-21-15(19)23)13-11(3-9)12-4-10(18)2-8(14(12)25-13)6-22-16(20)24;;/h1-4H,5-6H2,(H3,19,21,23)(H3,20,22,24);2*1H. The van der Waals surface area contributed by atoms with E-state index in [9.17, 15) is 4.39 Å². The maximum atomic E-state index is 14.1. The number of halogens is 4. The fourth-order valence-electron chi connectivity index (χ4n) is 2.67. The van der Waals surface area contributed by atoms with E-state index in [-0.39, 0.29) is 50.0 Å². The molecule has 4 nitrogen and oxygen atoms in total. The Balaban J connectivity index is 0.00000182. The molecule has 11 heteroatoms. The van der Waals surface area contributed by atoms with E-state index in [1.807, 2.05) is 12.1 Å². The minimum Gasteiger partial charge on any atom is -0.376 e. The Kier molecular flexibility index (Phi) is 9.10. The summed E-state index contributed by atoms with van der Waals surface area (Å²) in [7, 11) is 0. The number of benzene rings is 2. The summed E-state index contributed by atoms with van der Waals surface area (Å²) in [5.41, 5.74) is 12.7. The largest absolute Gasteiger partial charge is 0.376 e. The first-order valence-electron chi connectivity index (χ1n) is 7.25. The van der Waals surface area contributed by atoms with Gasteiger partial charge in [0.2, 0.25) is 0 Å². The second-order valence-corrected chi connectivity index (χ2v) is 7.76. The normalized spacial score (nSPS) is 10.1. The quantitative estimate of drug-likeness (QED) is 0.340. The van der Waals surface area contributed by atoms with Crippen LogP contribution < -0.4 is 22.1 Å². The van der Waals surface area contributed by atoms with Crippen LogP contribution in [-0.4, -0.2) is 10.2 Å². The zero-order valence-electron chi connectivity index (χ0n) is 13.7. The molecule has 0 saturated carbocycles. The summed E-state index contributed by atoms with van der Waals surface area (Å²) < 4.78 is 16.1. The topological polar surface area (TPSA) is 76.1 Å². The summed E-state index contributed by atoms with van der Waals surface area (Å²) in [5, 5.41) is 8.44. The average molecular weight is 575 g/mol. The molecule has 2 aromatic carbocycles. The fraction of sp³-hybridized carbons (Fsp3) is 0.125. The molecule has 27 heavy (non-hydrogen) atoms. The van der Waals surface area contributed by atoms with E-state index in [2.05, 4.69) is 10.6 Å². The van der Waals surface area contributed by atoms with Gasteiger partial charge < -0.3 is 22.1 Å². The molecular weight excluding hydrogens is 559 g/mol. The number of rotatable bonds is 4. The van der Waals surface area contributed by atoms with Crippen molar-refractivity contribution in [2.24, 2.45) is 11.5 Å². The Bertz CT molecular complexity index is 934. The molecule has 0 saturated heterocycles. The van der Waals surface area contributed by atoms with Crippen LogP contribution in [0.15, 0.2) is 24.3 Å². The number of thiocarbonyl (C=S) groups is 2. The fourth-order valence-corrected chi connectivity index (χ4v) is 4.34. The van der Waals surface area contributed by atoms with Gasteiger partial charge in [0.05, 0.1) is 0 Å². The molecule has 0 spiro atoms. The van der Waals surface area contributed by atoms with E-state index in [1.54, 1.807) is 11.3 Å². The van der Waals surface area contributed by atoms with Crippen molar-refractivity contribution in [1.82, 2.24) is 10.6 Å². The SMILES string of the molecule is Br.Br.NC(=S)NCc1cc(F)cc2c1sc1c(CNC(N)=S)cc(Cl)cc12. The van der Waals surface area contributed by atoms with E-state index in [0.717, 1.165) is 31.3 Å². The van der Waals surface area contributed by atoms with Crippen molar-refractivity contribution in [2.45, 2.75) is 13.1 Å². The van der Waals surface area contributed by atoms with E-state index >= 15 is 0 Å². The van der Waals surface area contributed by atoms with Gasteiger partial charge in [-0.3, -0.25) is 0 Å². The molecular formula is C16H16Br2ClFN4S3. The molecule has 0 amide bonds. The third-order valence-electron chi connectivity index (χ3n) is 3.66. The first-order valence-corrected chi connectivity index (χ1v) is 9.26. The second-order valence-electron chi connectivity index (χ2n) is 5.42. The predicted octanol–water partition coefficient (Wildman–Crippen LogP) is 4.67. The molecule has 0 bridgehead atoms. The summed E-state index contributed by atoms with van der Waals surface area (Å²) in [5.74, 6) is -0.324. The Labute approximate surface area is 196 Å². The van der Waals surface area contributed by atoms with Crippen LogP contribution in [0.4, 0.5) is 4.39 Å². The monoisotopic (exact) mass is 572 g/mol. The van der Waals surface area contributed by atoms with Crippen LogP contribution in [0.3, 0.4) is 0 Å². The molecule has 3 rings (SSSR count). The summed E-state index contributed by atoms with van der Waals surface area (Å²) >= 11 is 17.5. The van der Waals surface area contributed by atoms with Crippen molar-refractivity contribution in [3.05, 3.63) is 46.2 Å². The average Bonchev–Trinajstić information content (AvgIpc) is 2.88. The Morgan fingerprint density at radius 1 is 0.926 bits per heavy atom. The zero-order valence-corrected chi connectivity index (χ0v) is 20.3. The van der Waals surface area contributed by atoms with Crippen LogP contribution in [0, 0.1) is 5.82 Å². The van der Waals surface area contributed by atoms with Gasteiger partial charge in [-0.15, -0.1) is 45.3 Å². The molecule has 0 aliphatic carbocycles. The molecule has 0 fully saturated rings. The van der Waals surface area contributed by atoms with Gasteiger partial charge >= 0.3 is 0 Å². The van der Waals surface area contributed by atoms with E-state index in [0.29, 0.717) is 18.1 Å². The van der Waals surface area contributed by atoms with Crippen LogP contribution >= 0.6 is 81.3 Å². The maximum Gasteiger partial charge on any atom is 0.163 e. The number of thiophene rings is 1. The molecule has 0 radical (unpaired) electrons. The van der Waals surface area contributed by atoms with Crippen molar-refractivity contribution >= 4 is 112 Å². The van der Waals surface area contributed by atoms with Crippen molar-refractivity contribution < 1.29 is 4.39 Å². The lowest BCUT2D eigenvalue weighted by molar-refractivity contribution is 0.627. The van der Waals surface area contributed by atoms with Gasteiger partial charge in [0.15, 0.2) is 10.2 Å². The number of nitrogens with one attached hydrogen (secondary N) is 2. The highest BCUT2D eigenvalue weighted by atomic mass is 79.9. The highest BCUT2D eigenvalue weighted by molar-refractivity contribution is 8.93. The predicted molar refractivity (Wildman–Crippen MR) is 132 cm³/mol. The molecule has 0 aliphatic rings. The van der Waals surface area contributed by atoms with Crippen LogP contribution in [-0.2, 0) is 13.1 Å². The molecule has 3 aromatic rings. The molecule has 0 aliphatic heterocycles. The number of fused-ring (bicyclic) bond motifs is 3. The lowest BCUT2D eigenvalue weighted by atomic mass is 10.1. The van der Waals surface area contributed by atoms with E-state index in [1.165, 1.54) is 12.1 Å². The summed E-state index contributed by atoms with van der Waals surface area (Å²) in [6.07, 6.45) is 0. The minimum absolute atomic E-state index is 0. The van der Waals surface area contributed by atoms with Crippen LogP contribution in [0.5, 0.6) is 0 Å². The summed E-state index contributed by atoms with van der Waals surface area (Å²) in [6, 6.07) is 6.69. The zero-order chi connectivity index (χ0) is 18.1. The van der Waals surface area contributed by atoms with Gasteiger partial charge in [-0.2, -0.15) is 0 Å². The first kappa shape index (κ1) is 24.3. The lowest BCUT2D eigenvalue weighted by Crippen LogP contribution is -2.28. The Morgan fingerprint density at radius 3 is 1.93 bits per heavy atom. The second kappa shape index (κ2) is 10.1. The number of hydrogen-bond donors (Lipinski definition) is 4.